The largest absolute Gasteiger partial charge is 0.465 e. The lowest BCUT2D eigenvalue weighted by Crippen LogP contribution is -2.02. The molecule has 0 aliphatic rings. The minimum absolute atomic E-state index is 0.142. The molecule has 92 valence electrons. The van der Waals surface area contributed by atoms with Crippen molar-refractivity contribution in [1.82, 2.24) is 9.97 Å². The van der Waals surface area contributed by atoms with E-state index in [1.807, 2.05) is 0 Å². The number of benzene rings is 1. The predicted octanol–water partition coefficient (Wildman–Crippen LogP) is 2.83. The van der Waals surface area contributed by atoms with Crippen LogP contribution < -0.4 is 0 Å². The Labute approximate surface area is 111 Å². The van der Waals surface area contributed by atoms with Crippen LogP contribution >= 0.6 is 15.9 Å². The fourth-order valence-corrected chi connectivity index (χ4v) is 1.91. The molecule has 0 amide bonds. The summed E-state index contributed by atoms with van der Waals surface area (Å²) in [6, 6.07) is 3.95. The van der Waals surface area contributed by atoms with Crippen LogP contribution in [-0.2, 0) is 4.74 Å². The zero-order chi connectivity index (χ0) is 13.1. The highest BCUT2D eigenvalue weighted by atomic mass is 79.9. The molecule has 0 aliphatic heterocycles. The number of carbonyl (C=O) groups is 1. The Kier molecular flexibility index (Phi) is 3.66. The van der Waals surface area contributed by atoms with E-state index in [1.165, 1.54) is 31.8 Å². The Morgan fingerprint density at radius 3 is 2.83 bits per heavy atom. The summed E-state index contributed by atoms with van der Waals surface area (Å²) in [5.41, 5.74) is 1.24. The fourth-order valence-electron chi connectivity index (χ4n) is 1.49. The van der Waals surface area contributed by atoms with Gasteiger partial charge in [-0.3, -0.25) is 0 Å². The van der Waals surface area contributed by atoms with Crippen molar-refractivity contribution in [3.8, 4) is 11.1 Å². The van der Waals surface area contributed by atoms with Crippen LogP contribution in [0, 0.1) is 5.82 Å². The first-order chi connectivity index (χ1) is 8.61. The van der Waals surface area contributed by atoms with Crippen molar-refractivity contribution >= 4 is 21.9 Å². The second-order valence-corrected chi connectivity index (χ2v) is 4.20. The van der Waals surface area contributed by atoms with Crippen LogP contribution in [0.3, 0.4) is 0 Å². The van der Waals surface area contributed by atoms with Gasteiger partial charge in [-0.05, 0) is 39.7 Å². The SMILES string of the molecule is COC(=O)c1cc(F)cc(-c2cncnc2Br)c1. The second kappa shape index (κ2) is 5.22. The highest BCUT2D eigenvalue weighted by Crippen LogP contribution is 2.27. The summed E-state index contributed by atoms with van der Waals surface area (Å²) in [6.07, 6.45) is 2.90. The van der Waals surface area contributed by atoms with E-state index < -0.39 is 11.8 Å². The van der Waals surface area contributed by atoms with E-state index in [-0.39, 0.29) is 5.56 Å². The molecule has 1 heterocycles. The third kappa shape index (κ3) is 2.53. The van der Waals surface area contributed by atoms with Gasteiger partial charge in [0, 0.05) is 11.8 Å². The van der Waals surface area contributed by atoms with Gasteiger partial charge in [0.1, 0.15) is 16.7 Å². The maximum Gasteiger partial charge on any atom is 0.337 e. The molecule has 0 bridgehead atoms. The summed E-state index contributed by atoms with van der Waals surface area (Å²) in [7, 11) is 1.24. The molecule has 0 radical (unpaired) electrons. The van der Waals surface area contributed by atoms with Crippen molar-refractivity contribution in [2.75, 3.05) is 7.11 Å². The summed E-state index contributed by atoms with van der Waals surface area (Å²) in [5.74, 6) is -1.12. The van der Waals surface area contributed by atoms with Gasteiger partial charge < -0.3 is 4.74 Å². The molecule has 1 aromatic heterocycles. The van der Waals surface area contributed by atoms with Gasteiger partial charge in [-0.1, -0.05) is 0 Å². The molecule has 0 fully saturated rings. The van der Waals surface area contributed by atoms with Crippen LogP contribution in [0.25, 0.3) is 11.1 Å². The molecule has 1 aromatic carbocycles. The topological polar surface area (TPSA) is 52.1 Å². The molecule has 0 saturated heterocycles. The Bertz CT molecular complexity index is 604. The van der Waals surface area contributed by atoms with Gasteiger partial charge >= 0.3 is 5.97 Å². The lowest BCUT2D eigenvalue weighted by atomic mass is 10.1. The number of halogens is 2. The number of methoxy groups -OCH3 is 1. The number of ether oxygens (including phenoxy) is 1. The minimum atomic E-state index is -0.594. The van der Waals surface area contributed by atoms with Crippen LogP contribution in [0.15, 0.2) is 35.3 Å². The van der Waals surface area contributed by atoms with E-state index in [1.54, 1.807) is 0 Å². The fraction of sp³-hybridized carbons (Fsp3) is 0.0833. The van der Waals surface area contributed by atoms with Crippen molar-refractivity contribution in [3.05, 3.63) is 46.7 Å². The molecule has 18 heavy (non-hydrogen) atoms. The van der Waals surface area contributed by atoms with E-state index in [0.717, 1.165) is 6.07 Å². The zero-order valence-corrected chi connectivity index (χ0v) is 10.9. The molecular formula is C12H8BrFN2O2. The van der Waals surface area contributed by atoms with E-state index in [4.69, 9.17) is 0 Å². The van der Waals surface area contributed by atoms with E-state index in [0.29, 0.717) is 15.7 Å². The normalized spacial score (nSPS) is 10.2. The predicted molar refractivity (Wildman–Crippen MR) is 66.5 cm³/mol. The van der Waals surface area contributed by atoms with Gasteiger partial charge in [-0.2, -0.15) is 0 Å². The maximum absolute atomic E-state index is 13.5. The van der Waals surface area contributed by atoms with Crippen LogP contribution in [0.2, 0.25) is 0 Å². The molecule has 2 rings (SSSR count). The summed E-state index contributed by atoms with van der Waals surface area (Å²) in [4.78, 5) is 19.2. The second-order valence-electron chi connectivity index (χ2n) is 3.45. The molecule has 0 atom stereocenters. The van der Waals surface area contributed by atoms with Crippen LogP contribution in [0.4, 0.5) is 4.39 Å². The lowest BCUT2D eigenvalue weighted by Gasteiger charge is -2.06. The van der Waals surface area contributed by atoms with Crippen LogP contribution in [0.1, 0.15) is 10.4 Å². The van der Waals surface area contributed by atoms with Crippen molar-refractivity contribution < 1.29 is 13.9 Å². The van der Waals surface area contributed by atoms with Gasteiger partial charge in [0.2, 0.25) is 0 Å². The Morgan fingerprint density at radius 2 is 2.17 bits per heavy atom. The Balaban J connectivity index is 2.55. The minimum Gasteiger partial charge on any atom is -0.465 e. The summed E-state index contributed by atoms with van der Waals surface area (Å²) < 4.78 is 18.6. The van der Waals surface area contributed by atoms with Crippen LogP contribution in [0.5, 0.6) is 0 Å². The van der Waals surface area contributed by atoms with Gasteiger partial charge in [-0.25, -0.2) is 19.2 Å². The number of esters is 1. The quantitative estimate of drug-likeness (QED) is 0.632. The average molecular weight is 311 g/mol. The van der Waals surface area contributed by atoms with Gasteiger partial charge in [-0.15, -0.1) is 0 Å². The van der Waals surface area contributed by atoms with Gasteiger partial charge in [0.05, 0.1) is 12.7 Å². The maximum atomic E-state index is 13.5. The standard InChI is InChI=1S/C12H8BrFN2O2/c1-18-12(17)8-2-7(3-9(14)4-8)10-5-15-6-16-11(10)13/h2-6H,1H3. The Morgan fingerprint density at radius 1 is 1.39 bits per heavy atom. The first-order valence-electron chi connectivity index (χ1n) is 4.96. The first-order valence-corrected chi connectivity index (χ1v) is 5.76. The number of hydrogen-bond donors (Lipinski definition) is 0. The molecule has 0 spiro atoms. The van der Waals surface area contributed by atoms with E-state index in [2.05, 4.69) is 30.6 Å². The number of rotatable bonds is 2. The molecule has 0 N–H and O–H groups in total. The number of aromatic nitrogens is 2. The average Bonchev–Trinajstić information content (AvgIpc) is 2.37. The summed E-state index contributed by atoms with van der Waals surface area (Å²) >= 11 is 3.25. The smallest absolute Gasteiger partial charge is 0.337 e. The zero-order valence-electron chi connectivity index (χ0n) is 9.35. The molecule has 0 aliphatic carbocycles. The Hall–Kier alpha value is -1.82. The lowest BCUT2D eigenvalue weighted by molar-refractivity contribution is 0.0600. The van der Waals surface area contributed by atoms with E-state index in [9.17, 15) is 9.18 Å². The highest BCUT2D eigenvalue weighted by Gasteiger charge is 2.12. The molecule has 4 nitrogen and oxygen atoms in total. The number of hydrogen-bond acceptors (Lipinski definition) is 4. The van der Waals surface area contributed by atoms with Crippen molar-refractivity contribution in [2.45, 2.75) is 0 Å². The molecule has 0 saturated carbocycles. The van der Waals surface area contributed by atoms with Gasteiger partial charge in [0.25, 0.3) is 0 Å². The van der Waals surface area contributed by atoms with E-state index >= 15 is 0 Å². The third-order valence-electron chi connectivity index (χ3n) is 2.29. The molecule has 0 unspecified atom stereocenters. The summed E-state index contributed by atoms with van der Waals surface area (Å²) in [6.45, 7) is 0. The van der Waals surface area contributed by atoms with Crippen molar-refractivity contribution in [1.29, 1.82) is 0 Å². The van der Waals surface area contributed by atoms with Gasteiger partial charge in [0.15, 0.2) is 0 Å². The van der Waals surface area contributed by atoms with Crippen molar-refractivity contribution in [3.63, 3.8) is 0 Å². The molecule has 2 aromatic rings. The molecule has 6 heteroatoms. The number of nitrogens with zero attached hydrogens (tertiary/aromatic N) is 2. The van der Waals surface area contributed by atoms with Crippen LogP contribution in [-0.4, -0.2) is 23.0 Å². The highest BCUT2D eigenvalue weighted by molar-refractivity contribution is 9.10. The summed E-state index contributed by atoms with van der Waals surface area (Å²) in [5, 5.41) is 0. The number of carbonyl (C=O) groups excluding carboxylic acids is 1. The first kappa shape index (κ1) is 12.6. The van der Waals surface area contributed by atoms with Crippen molar-refractivity contribution in [2.24, 2.45) is 0 Å². The monoisotopic (exact) mass is 310 g/mol. The third-order valence-corrected chi connectivity index (χ3v) is 2.93. The molecular weight excluding hydrogens is 303 g/mol.